The average molecular weight is 572 g/mol. The first-order valence-electron chi connectivity index (χ1n) is 14.2. The van der Waals surface area contributed by atoms with E-state index in [-0.39, 0.29) is 10.9 Å². The number of nitrogens with zero attached hydrogens (tertiary/aromatic N) is 2. The number of benzene rings is 1. The molecule has 224 valence electrons. The summed E-state index contributed by atoms with van der Waals surface area (Å²) >= 11 is 0. The van der Waals surface area contributed by atoms with Gasteiger partial charge < -0.3 is 18.5 Å². The van der Waals surface area contributed by atoms with E-state index in [1.807, 2.05) is 0 Å². The summed E-state index contributed by atoms with van der Waals surface area (Å²) in [6.45, 7) is 14.4. The summed E-state index contributed by atoms with van der Waals surface area (Å²) in [6, 6.07) is 8.80. The third kappa shape index (κ3) is 11.4. The third-order valence-electron chi connectivity index (χ3n) is 7.02. The minimum Gasteiger partial charge on any atom is -0.731 e. The molecule has 0 spiro atoms. The molecule has 1 atom stereocenters. The highest BCUT2D eigenvalue weighted by atomic mass is 32.2. The van der Waals surface area contributed by atoms with E-state index in [2.05, 4.69) is 33.0 Å². The lowest BCUT2D eigenvalue weighted by Gasteiger charge is -2.46. The molecule has 11 heteroatoms. The van der Waals surface area contributed by atoms with Crippen molar-refractivity contribution in [1.82, 2.24) is 9.62 Å². The van der Waals surface area contributed by atoms with E-state index in [4.69, 9.17) is 9.47 Å². The number of rotatable bonds is 17. The molecule has 2 amide bonds. The molecule has 1 saturated heterocycles. The topological polar surface area (TPSA) is 125 Å². The zero-order valence-corrected chi connectivity index (χ0v) is 25.3. The summed E-state index contributed by atoms with van der Waals surface area (Å²) < 4.78 is 43.5. The second-order valence-corrected chi connectivity index (χ2v) is 11.4. The van der Waals surface area contributed by atoms with Crippen molar-refractivity contribution in [3.8, 4) is 0 Å². The van der Waals surface area contributed by atoms with Gasteiger partial charge in [-0.25, -0.2) is 17.5 Å². The van der Waals surface area contributed by atoms with Crippen LogP contribution in [0.15, 0.2) is 30.3 Å². The van der Waals surface area contributed by atoms with Crippen LogP contribution in [0.25, 0.3) is 0 Å². The Bertz CT molecular complexity index is 922. The normalized spacial score (nSPS) is 17.2. The first-order chi connectivity index (χ1) is 18.5. The molecule has 0 saturated carbocycles. The molecule has 0 aliphatic carbocycles. The number of unbranched alkanes of at least 4 members (excludes halogenated alkanes) is 4. The van der Waals surface area contributed by atoms with E-state index in [9.17, 15) is 22.6 Å². The van der Waals surface area contributed by atoms with Gasteiger partial charge in [-0.1, -0.05) is 83.7 Å². The molecule has 1 unspecified atom stereocenters. The molecule has 0 bridgehead atoms. The van der Waals surface area contributed by atoms with Crippen LogP contribution in [0.2, 0.25) is 0 Å². The number of hydrogen-bond donors (Lipinski definition) is 1. The van der Waals surface area contributed by atoms with Gasteiger partial charge in [0.2, 0.25) is 5.72 Å². The maximum atomic E-state index is 11.7. The molecule has 1 aromatic rings. The van der Waals surface area contributed by atoms with Gasteiger partial charge in [-0.15, -0.1) is 0 Å². The average Bonchev–Trinajstić information content (AvgIpc) is 2.93. The molecule has 1 aliphatic rings. The number of quaternary nitrogens is 1. The van der Waals surface area contributed by atoms with Gasteiger partial charge in [0.1, 0.15) is 6.61 Å². The number of carbonyl (C=O) groups excluding carboxylic acids is 2. The van der Waals surface area contributed by atoms with E-state index in [1.54, 1.807) is 30.3 Å². The van der Waals surface area contributed by atoms with Crippen LogP contribution in [-0.4, -0.2) is 79.3 Å². The largest absolute Gasteiger partial charge is 0.731 e. The predicted molar refractivity (Wildman–Crippen MR) is 150 cm³/mol. The van der Waals surface area contributed by atoms with Gasteiger partial charge in [0, 0.05) is 7.11 Å². The number of amides is 2. The van der Waals surface area contributed by atoms with Gasteiger partial charge in [-0.3, -0.25) is 10.1 Å². The molecule has 2 rings (SSSR count). The molecular formula is C28H49N3O7S. The fourth-order valence-electron chi connectivity index (χ4n) is 4.50. The van der Waals surface area contributed by atoms with Gasteiger partial charge in [0.15, 0.2) is 10.3 Å². The first-order valence-corrected chi connectivity index (χ1v) is 15.6. The monoisotopic (exact) mass is 571 g/mol. The van der Waals surface area contributed by atoms with E-state index in [0.717, 1.165) is 12.7 Å². The van der Waals surface area contributed by atoms with Gasteiger partial charge in [0.05, 0.1) is 32.7 Å². The van der Waals surface area contributed by atoms with E-state index in [0.29, 0.717) is 0 Å². The Labute approximate surface area is 235 Å². The summed E-state index contributed by atoms with van der Waals surface area (Å²) in [4.78, 5) is 23.4. The lowest BCUT2D eigenvalue weighted by Crippen LogP contribution is -2.76. The summed E-state index contributed by atoms with van der Waals surface area (Å²) in [6.07, 6.45) is 10.1. The molecule has 0 radical (unpaired) electrons. The minimum absolute atomic E-state index is 0.0375. The first kappa shape index (κ1) is 34.8. The minimum atomic E-state index is -4.93. The number of carbonyl (C=O) groups is 2. The summed E-state index contributed by atoms with van der Waals surface area (Å²) in [5, 5.41) is 2.12. The van der Waals surface area contributed by atoms with Crippen molar-refractivity contribution < 1.29 is 36.5 Å². The highest BCUT2D eigenvalue weighted by molar-refractivity contribution is 7.84. The van der Waals surface area contributed by atoms with Crippen LogP contribution < -0.4 is 5.32 Å². The van der Waals surface area contributed by atoms with Crippen molar-refractivity contribution >= 4 is 22.3 Å². The fourth-order valence-corrected chi connectivity index (χ4v) is 5.19. The van der Waals surface area contributed by atoms with Crippen LogP contribution >= 0.6 is 0 Å². The molecule has 1 aliphatic heterocycles. The summed E-state index contributed by atoms with van der Waals surface area (Å²) in [5.74, 6) is -1.17. The highest BCUT2D eigenvalue weighted by Gasteiger charge is 2.57. The Morgan fingerprint density at radius 1 is 0.949 bits per heavy atom. The second kappa shape index (κ2) is 17.5. The Kier molecular flexibility index (Phi) is 15.6. The Morgan fingerprint density at radius 2 is 1.41 bits per heavy atom. The molecular weight excluding hydrogens is 522 g/mol. The zero-order valence-electron chi connectivity index (χ0n) is 24.4. The molecule has 1 fully saturated rings. The number of nitrogens with one attached hydrogen (secondary N) is 1. The fraction of sp³-hybridized carbons (Fsp3) is 0.714. The van der Waals surface area contributed by atoms with Crippen LogP contribution in [-0.2, 0) is 31.2 Å². The van der Waals surface area contributed by atoms with Crippen molar-refractivity contribution in [2.75, 3.05) is 39.8 Å². The molecule has 0 aromatic heterocycles. The number of β-lactam (4-membered cyclic amide) rings is 1. The van der Waals surface area contributed by atoms with Crippen LogP contribution in [0.4, 0.5) is 4.79 Å². The number of alkyl carbamates (subject to hydrolysis) is 1. The van der Waals surface area contributed by atoms with Crippen LogP contribution in [0, 0.1) is 0 Å². The van der Waals surface area contributed by atoms with Crippen LogP contribution in [0.1, 0.15) is 84.6 Å². The molecule has 1 N–H and O–H groups in total. The molecule has 1 heterocycles. The van der Waals surface area contributed by atoms with Gasteiger partial charge in [0.25, 0.3) is 5.91 Å². The second-order valence-electron chi connectivity index (χ2n) is 10.1. The van der Waals surface area contributed by atoms with Gasteiger partial charge in [-0.2, -0.15) is 0 Å². The van der Waals surface area contributed by atoms with E-state index < -0.39 is 34.6 Å². The van der Waals surface area contributed by atoms with E-state index >= 15 is 0 Å². The SMILES string of the molecule is CCCC[N+](CCCC)(CCCC)CCCC.COC1(NC(=O)OCc2ccccc2)CN(S(=O)(=O)[O-])C1=O. The third-order valence-corrected chi connectivity index (χ3v) is 7.85. The predicted octanol–water partition coefficient (Wildman–Crippen LogP) is 4.56. The standard InChI is InChI=1S/C16H36N.C12H14N2O7S/c1-5-9-13-17(14-10-6-2,15-11-7-3)16-12-8-4;1-20-12(8-14(10(12)15)22(17,18)19)13-11(16)21-7-9-5-3-2-4-6-9/h5-16H2,1-4H3;2-6H,7-8H2,1H3,(H,13,16)(H,17,18,19)/q+1;/p-1. The Morgan fingerprint density at radius 3 is 1.77 bits per heavy atom. The van der Waals surface area contributed by atoms with Gasteiger partial charge >= 0.3 is 6.09 Å². The molecule has 39 heavy (non-hydrogen) atoms. The van der Waals surface area contributed by atoms with Crippen molar-refractivity contribution in [3.05, 3.63) is 35.9 Å². The lowest BCUT2D eigenvalue weighted by molar-refractivity contribution is -0.929. The van der Waals surface area contributed by atoms with Crippen molar-refractivity contribution in [2.24, 2.45) is 0 Å². The van der Waals surface area contributed by atoms with Crippen LogP contribution in [0.3, 0.4) is 0 Å². The van der Waals surface area contributed by atoms with Crippen LogP contribution in [0.5, 0.6) is 0 Å². The Hall–Kier alpha value is -2.21. The van der Waals surface area contributed by atoms with E-state index in [1.165, 1.54) is 82.0 Å². The lowest BCUT2D eigenvalue weighted by atomic mass is 10.1. The number of methoxy groups -OCH3 is 1. The summed E-state index contributed by atoms with van der Waals surface area (Å²) in [5.41, 5.74) is -1.17. The highest BCUT2D eigenvalue weighted by Crippen LogP contribution is 2.26. The smallest absolute Gasteiger partial charge is 0.410 e. The molecule has 10 nitrogen and oxygen atoms in total. The quantitative estimate of drug-likeness (QED) is 0.126. The van der Waals surface area contributed by atoms with Crippen molar-refractivity contribution in [2.45, 2.75) is 91.4 Å². The maximum absolute atomic E-state index is 11.7. The molecule has 1 aromatic carbocycles. The van der Waals surface area contributed by atoms with Crippen molar-refractivity contribution in [1.29, 1.82) is 0 Å². The Balaban J connectivity index is 0.000000406. The zero-order chi connectivity index (χ0) is 29.4. The number of hydrogen-bond acceptors (Lipinski definition) is 7. The van der Waals surface area contributed by atoms with Crippen molar-refractivity contribution in [3.63, 3.8) is 0 Å². The van der Waals surface area contributed by atoms with Gasteiger partial charge in [-0.05, 0) is 31.2 Å². The maximum Gasteiger partial charge on any atom is 0.410 e. The number of ether oxygens (including phenoxy) is 2. The summed E-state index contributed by atoms with van der Waals surface area (Å²) in [7, 11) is -3.82.